The Labute approximate surface area is 127 Å². The molecule has 19 heavy (non-hydrogen) atoms. The number of rotatable bonds is 5. The predicted octanol–water partition coefficient (Wildman–Crippen LogP) is 4.90. The molecule has 1 atom stereocenters. The van der Waals surface area contributed by atoms with E-state index < -0.39 is 0 Å². The normalized spacial score (nSPS) is 12.6. The number of likely N-dealkylation sites (N-methyl/N-ethyl adjacent to an activating group) is 1. The summed E-state index contributed by atoms with van der Waals surface area (Å²) in [6.45, 7) is 5.04. The van der Waals surface area contributed by atoms with Crippen LogP contribution in [0.2, 0.25) is 5.02 Å². The molecule has 0 saturated carbocycles. The zero-order valence-corrected chi connectivity index (χ0v) is 13.4. The van der Waals surface area contributed by atoms with E-state index in [1.807, 2.05) is 19.1 Å². The lowest BCUT2D eigenvalue weighted by molar-refractivity contribution is 0.506. The minimum atomic E-state index is 0.193. The fourth-order valence-corrected chi connectivity index (χ4v) is 2.96. The van der Waals surface area contributed by atoms with Gasteiger partial charge in [-0.3, -0.25) is 0 Å². The number of furan rings is 1. The monoisotopic (exact) mass is 341 g/mol. The summed E-state index contributed by atoms with van der Waals surface area (Å²) in [5.74, 6) is 0. The van der Waals surface area contributed by atoms with E-state index in [1.165, 1.54) is 5.56 Å². The molecule has 2 aromatic rings. The Balaban J connectivity index is 2.24. The zero-order chi connectivity index (χ0) is 13.8. The van der Waals surface area contributed by atoms with Gasteiger partial charge in [0.15, 0.2) is 4.67 Å². The molecule has 0 saturated heterocycles. The molecular weight excluding hydrogens is 326 g/mol. The molecule has 102 valence electrons. The van der Waals surface area contributed by atoms with Crippen molar-refractivity contribution in [3.05, 3.63) is 56.9 Å². The van der Waals surface area contributed by atoms with Crippen molar-refractivity contribution in [3.63, 3.8) is 0 Å². The number of aryl methyl sites for hydroxylation is 1. The maximum absolute atomic E-state index is 6.31. The smallest absolute Gasteiger partial charge is 0.173 e. The molecule has 0 amide bonds. The van der Waals surface area contributed by atoms with Gasteiger partial charge in [0.25, 0.3) is 0 Å². The van der Waals surface area contributed by atoms with Crippen molar-refractivity contribution in [2.45, 2.75) is 26.3 Å². The zero-order valence-electron chi connectivity index (χ0n) is 11.0. The van der Waals surface area contributed by atoms with Crippen LogP contribution in [0.25, 0.3) is 0 Å². The topological polar surface area (TPSA) is 25.2 Å². The average Bonchev–Trinajstić information content (AvgIpc) is 2.78. The Bertz CT molecular complexity index is 553. The van der Waals surface area contributed by atoms with E-state index in [0.29, 0.717) is 0 Å². The van der Waals surface area contributed by atoms with Crippen molar-refractivity contribution in [2.75, 3.05) is 6.54 Å². The molecule has 1 heterocycles. The van der Waals surface area contributed by atoms with Gasteiger partial charge in [0.1, 0.15) is 0 Å². The summed E-state index contributed by atoms with van der Waals surface area (Å²) in [6, 6.07) is 8.37. The molecule has 0 aliphatic rings. The molecule has 4 heteroatoms. The van der Waals surface area contributed by atoms with Gasteiger partial charge in [-0.1, -0.05) is 30.7 Å². The van der Waals surface area contributed by atoms with Crippen LogP contribution >= 0.6 is 27.5 Å². The lowest BCUT2D eigenvalue weighted by Crippen LogP contribution is -2.23. The second-order valence-electron chi connectivity index (χ2n) is 4.56. The van der Waals surface area contributed by atoms with Crippen LogP contribution < -0.4 is 5.32 Å². The molecule has 1 N–H and O–H groups in total. The summed E-state index contributed by atoms with van der Waals surface area (Å²) < 4.78 is 6.10. The highest BCUT2D eigenvalue weighted by atomic mass is 79.9. The molecule has 1 unspecified atom stereocenters. The Kier molecular flexibility index (Phi) is 5.08. The fourth-order valence-electron chi connectivity index (χ4n) is 2.13. The third-order valence-corrected chi connectivity index (χ3v) is 4.10. The highest BCUT2D eigenvalue weighted by molar-refractivity contribution is 9.10. The Morgan fingerprint density at radius 3 is 2.74 bits per heavy atom. The van der Waals surface area contributed by atoms with Gasteiger partial charge in [-0.05, 0) is 59.1 Å². The number of halogens is 2. The van der Waals surface area contributed by atoms with E-state index in [9.17, 15) is 0 Å². The van der Waals surface area contributed by atoms with E-state index in [1.54, 1.807) is 6.26 Å². The van der Waals surface area contributed by atoms with E-state index in [-0.39, 0.29) is 6.04 Å². The van der Waals surface area contributed by atoms with Crippen molar-refractivity contribution in [3.8, 4) is 0 Å². The SMILES string of the molecule is CCNC(Cc1ccc(C)cc1Cl)c1ccoc1Br. The molecule has 0 fully saturated rings. The van der Waals surface area contributed by atoms with Gasteiger partial charge in [0, 0.05) is 16.6 Å². The quantitative estimate of drug-likeness (QED) is 0.836. The third-order valence-electron chi connectivity index (χ3n) is 3.10. The van der Waals surface area contributed by atoms with Gasteiger partial charge < -0.3 is 9.73 Å². The molecule has 0 radical (unpaired) electrons. The summed E-state index contributed by atoms with van der Waals surface area (Å²) in [7, 11) is 0. The van der Waals surface area contributed by atoms with Crippen LogP contribution in [0.5, 0.6) is 0 Å². The Morgan fingerprint density at radius 1 is 1.37 bits per heavy atom. The summed E-state index contributed by atoms with van der Waals surface area (Å²) in [5.41, 5.74) is 3.45. The molecule has 0 spiro atoms. The van der Waals surface area contributed by atoms with Gasteiger partial charge in [-0.25, -0.2) is 0 Å². The first-order chi connectivity index (χ1) is 9.11. The number of hydrogen-bond acceptors (Lipinski definition) is 2. The second kappa shape index (κ2) is 6.60. The van der Waals surface area contributed by atoms with Crippen LogP contribution in [0.1, 0.15) is 29.7 Å². The molecule has 1 aromatic heterocycles. The lowest BCUT2D eigenvalue weighted by atomic mass is 10.00. The molecule has 1 aromatic carbocycles. The van der Waals surface area contributed by atoms with Gasteiger partial charge in [-0.15, -0.1) is 0 Å². The third kappa shape index (κ3) is 3.62. The van der Waals surface area contributed by atoms with Crippen molar-refractivity contribution in [1.29, 1.82) is 0 Å². The van der Waals surface area contributed by atoms with Crippen LogP contribution in [0.15, 0.2) is 39.6 Å². The Hall–Kier alpha value is -0.770. The maximum Gasteiger partial charge on any atom is 0.173 e. The maximum atomic E-state index is 6.31. The number of benzene rings is 1. The first-order valence-electron chi connectivity index (χ1n) is 6.33. The summed E-state index contributed by atoms with van der Waals surface area (Å²) >= 11 is 9.75. The average molecular weight is 343 g/mol. The van der Waals surface area contributed by atoms with Crippen LogP contribution in [0, 0.1) is 6.92 Å². The van der Waals surface area contributed by atoms with Crippen molar-refractivity contribution in [1.82, 2.24) is 5.32 Å². The van der Waals surface area contributed by atoms with Crippen molar-refractivity contribution >= 4 is 27.5 Å². The molecular formula is C15H17BrClNO. The van der Waals surface area contributed by atoms with E-state index in [4.69, 9.17) is 16.0 Å². The van der Waals surface area contributed by atoms with E-state index >= 15 is 0 Å². The summed E-state index contributed by atoms with van der Waals surface area (Å²) in [6.07, 6.45) is 2.53. The van der Waals surface area contributed by atoms with Crippen LogP contribution in [0.4, 0.5) is 0 Å². The number of hydrogen-bond donors (Lipinski definition) is 1. The predicted molar refractivity (Wildman–Crippen MR) is 82.7 cm³/mol. The van der Waals surface area contributed by atoms with Crippen LogP contribution in [-0.4, -0.2) is 6.54 Å². The molecule has 0 bridgehead atoms. The fraction of sp³-hybridized carbons (Fsp3) is 0.333. The first-order valence-corrected chi connectivity index (χ1v) is 7.50. The Morgan fingerprint density at radius 2 is 2.16 bits per heavy atom. The van der Waals surface area contributed by atoms with E-state index in [2.05, 4.69) is 40.3 Å². The van der Waals surface area contributed by atoms with Crippen LogP contribution in [-0.2, 0) is 6.42 Å². The first kappa shape index (κ1) is 14.6. The summed E-state index contributed by atoms with van der Waals surface area (Å²) in [5, 5.41) is 4.29. The highest BCUT2D eigenvalue weighted by Gasteiger charge is 2.17. The van der Waals surface area contributed by atoms with Crippen molar-refractivity contribution in [2.24, 2.45) is 0 Å². The largest absolute Gasteiger partial charge is 0.457 e. The lowest BCUT2D eigenvalue weighted by Gasteiger charge is -2.18. The number of nitrogens with one attached hydrogen (secondary N) is 1. The minimum absolute atomic E-state index is 0.193. The molecule has 0 aliphatic heterocycles. The van der Waals surface area contributed by atoms with Gasteiger partial charge in [0.2, 0.25) is 0 Å². The second-order valence-corrected chi connectivity index (χ2v) is 5.69. The van der Waals surface area contributed by atoms with E-state index in [0.717, 1.165) is 33.8 Å². The standard InChI is InChI=1S/C15H17BrClNO/c1-3-18-14(12-6-7-19-15(12)16)9-11-5-4-10(2)8-13(11)17/h4-8,14,18H,3,9H2,1-2H3. The molecule has 0 aliphatic carbocycles. The van der Waals surface area contributed by atoms with Gasteiger partial charge >= 0.3 is 0 Å². The van der Waals surface area contributed by atoms with Crippen LogP contribution in [0.3, 0.4) is 0 Å². The summed E-state index contributed by atoms with van der Waals surface area (Å²) in [4.78, 5) is 0. The minimum Gasteiger partial charge on any atom is -0.457 e. The van der Waals surface area contributed by atoms with Crippen molar-refractivity contribution < 1.29 is 4.42 Å². The van der Waals surface area contributed by atoms with Gasteiger partial charge in [-0.2, -0.15) is 0 Å². The molecule has 2 nitrogen and oxygen atoms in total. The highest BCUT2D eigenvalue weighted by Crippen LogP contribution is 2.29. The van der Waals surface area contributed by atoms with Gasteiger partial charge in [0.05, 0.1) is 6.26 Å². The molecule has 2 rings (SSSR count).